The minimum Gasteiger partial charge on any atom is -0.342 e. The molecule has 0 aromatic carbocycles. The second-order valence-corrected chi connectivity index (χ2v) is 8.38. The highest BCUT2D eigenvalue weighted by atomic mass is 16.7. The summed E-state index contributed by atoms with van der Waals surface area (Å²) in [6.45, 7) is 2.49. The fourth-order valence-corrected chi connectivity index (χ4v) is 3.71. The number of rotatable bonds is 20. The first kappa shape index (κ1) is 26.8. The van der Waals surface area contributed by atoms with Crippen molar-refractivity contribution >= 4 is 0 Å². The van der Waals surface area contributed by atoms with Crippen molar-refractivity contribution in [1.82, 2.24) is 0 Å². The fourth-order valence-electron chi connectivity index (χ4n) is 3.71. The van der Waals surface area contributed by atoms with E-state index >= 15 is 0 Å². The van der Waals surface area contributed by atoms with Crippen LogP contribution in [0.1, 0.15) is 122 Å². The molecule has 0 aliphatic carbocycles. The number of nitrogens with two attached hydrogens (primary N) is 2. The molecule has 0 amide bonds. The maximum atomic E-state index is 9.42. The minimum atomic E-state index is -2.86. The van der Waals surface area contributed by atoms with Gasteiger partial charge >= 0.3 is 0 Å². The van der Waals surface area contributed by atoms with Gasteiger partial charge in [-0.3, -0.25) is 0 Å². The molecule has 0 saturated carbocycles. The topological polar surface area (TPSA) is 113 Å². The van der Waals surface area contributed by atoms with Gasteiger partial charge in [0.05, 0.1) is 5.54 Å². The molecule has 0 spiro atoms. The molecule has 5 heteroatoms. The van der Waals surface area contributed by atoms with Crippen LogP contribution in [0, 0.1) is 0 Å². The SMILES string of the molecule is CCCCCCCCCCCCCCCCCCC(N)(CCN)C(O)(O)O. The van der Waals surface area contributed by atoms with Gasteiger partial charge < -0.3 is 26.8 Å². The first-order valence-electron chi connectivity index (χ1n) is 11.5. The molecule has 0 bridgehead atoms. The van der Waals surface area contributed by atoms with Crippen LogP contribution in [-0.2, 0) is 0 Å². The van der Waals surface area contributed by atoms with Crippen LogP contribution in [0.5, 0.6) is 0 Å². The van der Waals surface area contributed by atoms with Crippen molar-refractivity contribution in [2.45, 2.75) is 134 Å². The van der Waals surface area contributed by atoms with Gasteiger partial charge in [-0.1, -0.05) is 110 Å². The lowest BCUT2D eigenvalue weighted by atomic mass is 9.87. The second-order valence-electron chi connectivity index (χ2n) is 8.38. The maximum Gasteiger partial charge on any atom is 0.294 e. The Morgan fingerprint density at radius 2 is 0.889 bits per heavy atom. The van der Waals surface area contributed by atoms with Crippen LogP contribution >= 0.6 is 0 Å². The Labute approximate surface area is 167 Å². The van der Waals surface area contributed by atoms with E-state index in [9.17, 15) is 15.3 Å². The van der Waals surface area contributed by atoms with Crippen molar-refractivity contribution < 1.29 is 15.3 Å². The Kier molecular flexibility index (Phi) is 16.6. The van der Waals surface area contributed by atoms with E-state index in [0.29, 0.717) is 6.42 Å². The standard InChI is InChI=1S/C22H48N2O3/c1-2-3-4-5-6-7-8-9-10-11-12-13-14-15-16-17-18-21(24,19-20-23)22(25,26)27/h25-27H,2-20,23-24H2,1H3. The summed E-state index contributed by atoms with van der Waals surface area (Å²) in [5, 5.41) is 28.3. The third-order valence-electron chi connectivity index (χ3n) is 5.73. The lowest BCUT2D eigenvalue weighted by molar-refractivity contribution is -0.350. The van der Waals surface area contributed by atoms with Crippen LogP contribution in [0.3, 0.4) is 0 Å². The van der Waals surface area contributed by atoms with Crippen LogP contribution in [0.25, 0.3) is 0 Å². The summed E-state index contributed by atoms with van der Waals surface area (Å²) < 4.78 is 0. The van der Waals surface area contributed by atoms with E-state index in [1.54, 1.807) is 0 Å². The molecular weight excluding hydrogens is 340 g/mol. The highest BCUT2D eigenvalue weighted by molar-refractivity contribution is 4.90. The first-order chi connectivity index (χ1) is 12.9. The van der Waals surface area contributed by atoms with Crippen molar-refractivity contribution in [2.75, 3.05) is 6.54 Å². The minimum absolute atomic E-state index is 0.190. The monoisotopic (exact) mass is 388 g/mol. The Hall–Kier alpha value is -0.200. The third kappa shape index (κ3) is 14.5. The van der Waals surface area contributed by atoms with Crippen molar-refractivity contribution in [3.8, 4) is 0 Å². The highest BCUT2D eigenvalue weighted by Gasteiger charge is 2.44. The molecule has 7 N–H and O–H groups in total. The van der Waals surface area contributed by atoms with Gasteiger partial charge in [-0.05, 0) is 19.4 Å². The summed E-state index contributed by atoms with van der Waals surface area (Å²) in [4.78, 5) is 0. The zero-order chi connectivity index (χ0) is 20.4. The molecule has 0 saturated heterocycles. The van der Waals surface area contributed by atoms with Crippen LogP contribution < -0.4 is 11.5 Å². The van der Waals surface area contributed by atoms with Crippen LogP contribution in [0.15, 0.2) is 0 Å². The molecule has 0 heterocycles. The van der Waals surface area contributed by atoms with E-state index < -0.39 is 11.5 Å². The van der Waals surface area contributed by atoms with Crippen molar-refractivity contribution in [1.29, 1.82) is 0 Å². The van der Waals surface area contributed by atoms with Gasteiger partial charge in [0.1, 0.15) is 0 Å². The van der Waals surface area contributed by atoms with Crippen molar-refractivity contribution in [3.63, 3.8) is 0 Å². The molecule has 1 atom stereocenters. The van der Waals surface area contributed by atoms with E-state index in [0.717, 1.165) is 19.3 Å². The fraction of sp³-hybridized carbons (Fsp3) is 1.00. The zero-order valence-corrected chi connectivity index (χ0v) is 17.9. The summed E-state index contributed by atoms with van der Waals surface area (Å²) in [7, 11) is 0. The van der Waals surface area contributed by atoms with Gasteiger partial charge in [0.25, 0.3) is 5.97 Å². The third-order valence-corrected chi connectivity index (χ3v) is 5.73. The molecule has 27 heavy (non-hydrogen) atoms. The molecule has 0 aromatic rings. The Bertz CT molecular complexity index is 321. The zero-order valence-electron chi connectivity index (χ0n) is 17.9. The van der Waals surface area contributed by atoms with Gasteiger partial charge in [-0.2, -0.15) is 0 Å². The van der Waals surface area contributed by atoms with Gasteiger partial charge in [0.2, 0.25) is 0 Å². The molecule has 0 aromatic heterocycles. The summed E-state index contributed by atoms with van der Waals surface area (Å²) in [6.07, 6.45) is 21.2. The predicted octanol–water partition coefficient (Wildman–Crippen LogP) is 4.32. The number of hydrogen-bond acceptors (Lipinski definition) is 5. The largest absolute Gasteiger partial charge is 0.342 e. The molecule has 0 aliphatic rings. The van der Waals surface area contributed by atoms with Crippen molar-refractivity contribution in [2.24, 2.45) is 11.5 Å². The summed E-state index contributed by atoms with van der Waals surface area (Å²) >= 11 is 0. The quantitative estimate of drug-likeness (QED) is 0.157. The lowest BCUT2D eigenvalue weighted by Crippen LogP contribution is -2.61. The number of unbranched alkanes of at least 4 members (excludes halogenated alkanes) is 15. The number of hydrogen-bond donors (Lipinski definition) is 5. The molecule has 5 nitrogen and oxygen atoms in total. The van der Waals surface area contributed by atoms with Gasteiger partial charge in [-0.15, -0.1) is 0 Å². The normalized spacial score (nSPS) is 14.4. The van der Waals surface area contributed by atoms with Crippen LogP contribution in [0.2, 0.25) is 0 Å². The summed E-state index contributed by atoms with van der Waals surface area (Å²) in [5.74, 6) is -2.86. The molecule has 164 valence electrons. The molecule has 0 radical (unpaired) electrons. The predicted molar refractivity (Wildman–Crippen MR) is 114 cm³/mol. The van der Waals surface area contributed by atoms with Crippen LogP contribution in [-0.4, -0.2) is 33.4 Å². The molecule has 0 fully saturated rings. The van der Waals surface area contributed by atoms with Gasteiger partial charge in [0, 0.05) is 0 Å². The first-order valence-corrected chi connectivity index (χ1v) is 11.5. The Morgan fingerprint density at radius 1 is 0.556 bits per heavy atom. The highest BCUT2D eigenvalue weighted by Crippen LogP contribution is 2.25. The van der Waals surface area contributed by atoms with Crippen molar-refractivity contribution in [3.05, 3.63) is 0 Å². The van der Waals surface area contributed by atoms with E-state index in [2.05, 4.69) is 6.92 Å². The van der Waals surface area contributed by atoms with Gasteiger partial charge in [-0.25, -0.2) is 0 Å². The average Bonchev–Trinajstić information content (AvgIpc) is 2.60. The summed E-state index contributed by atoms with van der Waals surface area (Å²) in [6, 6.07) is 0. The Morgan fingerprint density at radius 3 is 1.19 bits per heavy atom. The Balaban J connectivity index is 3.40. The maximum absolute atomic E-state index is 9.42. The van der Waals surface area contributed by atoms with E-state index in [1.165, 1.54) is 83.5 Å². The van der Waals surface area contributed by atoms with Gasteiger partial charge in [0.15, 0.2) is 0 Å². The van der Waals surface area contributed by atoms with E-state index in [1.807, 2.05) is 0 Å². The van der Waals surface area contributed by atoms with E-state index in [4.69, 9.17) is 11.5 Å². The lowest BCUT2D eigenvalue weighted by Gasteiger charge is -2.36. The number of aliphatic hydroxyl groups is 3. The molecule has 0 rings (SSSR count). The molecular formula is C22H48N2O3. The molecule has 1 unspecified atom stereocenters. The molecule has 0 aliphatic heterocycles. The second kappa shape index (κ2) is 16.7. The van der Waals surface area contributed by atoms with E-state index in [-0.39, 0.29) is 13.0 Å². The van der Waals surface area contributed by atoms with Crippen LogP contribution in [0.4, 0.5) is 0 Å². The summed E-state index contributed by atoms with van der Waals surface area (Å²) in [5.41, 5.74) is 9.94. The average molecular weight is 389 g/mol. The smallest absolute Gasteiger partial charge is 0.294 e.